The lowest BCUT2D eigenvalue weighted by atomic mass is 9.99. The van der Waals surface area contributed by atoms with E-state index in [1.165, 1.54) is 12.1 Å². The van der Waals surface area contributed by atoms with Gasteiger partial charge in [0, 0.05) is 19.0 Å². The largest absolute Gasteiger partial charge is 0.493 e. The molecule has 24 heavy (non-hydrogen) atoms. The smallest absolute Gasteiger partial charge is 0.410 e. The molecular formula is C18H25NO5. The van der Waals surface area contributed by atoms with E-state index in [4.69, 9.17) is 14.6 Å². The Labute approximate surface area is 142 Å². The van der Waals surface area contributed by atoms with Crippen LogP contribution in [-0.2, 0) is 4.74 Å². The number of nitrogens with zero attached hydrogens (tertiary/aromatic N) is 1. The highest BCUT2D eigenvalue weighted by molar-refractivity contribution is 5.87. The van der Waals surface area contributed by atoms with Crippen molar-refractivity contribution < 1.29 is 24.2 Å². The van der Waals surface area contributed by atoms with Gasteiger partial charge in [-0.2, -0.15) is 0 Å². The van der Waals surface area contributed by atoms with Gasteiger partial charge in [0.15, 0.2) is 0 Å². The van der Waals surface area contributed by atoms with E-state index in [1.54, 1.807) is 17.0 Å². The van der Waals surface area contributed by atoms with Gasteiger partial charge in [-0.05, 0) is 57.9 Å². The van der Waals surface area contributed by atoms with Crippen LogP contribution >= 0.6 is 0 Å². The molecular weight excluding hydrogens is 310 g/mol. The molecule has 1 aromatic rings. The molecule has 1 atom stereocenters. The van der Waals surface area contributed by atoms with Gasteiger partial charge < -0.3 is 19.5 Å². The van der Waals surface area contributed by atoms with E-state index < -0.39 is 11.6 Å². The summed E-state index contributed by atoms with van der Waals surface area (Å²) in [6.07, 6.45) is 1.63. The number of likely N-dealkylation sites (tertiary alicyclic amines) is 1. The van der Waals surface area contributed by atoms with E-state index in [-0.39, 0.29) is 17.6 Å². The maximum absolute atomic E-state index is 12.1. The Morgan fingerprint density at radius 1 is 1.25 bits per heavy atom. The third kappa shape index (κ3) is 5.44. The number of carboxylic acid groups (broad SMARTS) is 1. The lowest BCUT2D eigenvalue weighted by Crippen LogP contribution is -2.44. The number of rotatable bonds is 4. The van der Waals surface area contributed by atoms with Crippen molar-refractivity contribution in [2.75, 3.05) is 19.7 Å². The van der Waals surface area contributed by atoms with Crippen molar-refractivity contribution in [2.45, 2.75) is 39.2 Å². The summed E-state index contributed by atoms with van der Waals surface area (Å²) in [5.41, 5.74) is -0.261. The maximum Gasteiger partial charge on any atom is 0.410 e. The lowest BCUT2D eigenvalue weighted by Gasteiger charge is -2.34. The molecule has 0 aromatic heterocycles. The second kappa shape index (κ2) is 7.55. The Kier molecular flexibility index (Phi) is 5.70. The number of piperidine rings is 1. The lowest BCUT2D eigenvalue weighted by molar-refractivity contribution is 0.0139. The molecule has 0 unspecified atom stereocenters. The Morgan fingerprint density at radius 3 is 2.50 bits per heavy atom. The molecule has 2 rings (SSSR count). The fraction of sp³-hybridized carbons (Fsp3) is 0.556. The molecule has 0 spiro atoms. The van der Waals surface area contributed by atoms with Crippen LogP contribution < -0.4 is 4.74 Å². The summed E-state index contributed by atoms with van der Waals surface area (Å²) in [5, 5.41) is 8.88. The average Bonchev–Trinajstić information content (AvgIpc) is 2.52. The standard InChI is InChI=1S/C18H25NO5/c1-18(2,3)24-17(22)19-10-4-5-13(11-19)12-23-15-8-6-14(7-9-15)16(20)21/h6-9,13H,4-5,10-12H2,1-3H3,(H,20,21)/t13-/m1/s1. The van der Waals surface area contributed by atoms with Crippen molar-refractivity contribution in [1.82, 2.24) is 4.90 Å². The second-order valence-corrected chi connectivity index (χ2v) is 7.08. The Morgan fingerprint density at radius 2 is 1.92 bits per heavy atom. The molecule has 1 fully saturated rings. The maximum atomic E-state index is 12.1. The monoisotopic (exact) mass is 335 g/mol. The number of ether oxygens (including phenoxy) is 2. The zero-order valence-corrected chi connectivity index (χ0v) is 14.4. The highest BCUT2D eigenvalue weighted by Crippen LogP contribution is 2.21. The van der Waals surface area contributed by atoms with Crippen molar-refractivity contribution in [2.24, 2.45) is 5.92 Å². The SMILES string of the molecule is CC(C)(C)OC(=O)N1CCC[C@@H](COc2ccc(C(=O)O)cc2)C1. The Bertz CT molecular complexity index is 576. The quantitative estimate of drug-likeness (QED) is 0.912. The highest BCUT2D eigenvalue weighted by Gasteiger charge is 2.27. The summed E-state index contributed by atoms with van der Waals surface area (Å²) < 4.78 is 11.2. The summed E-state index contributed by atoms with van der Waals surface area (Å²) in [4.78, 5) is 24.7. The van der Waals surface area contributed by atoms with Gasteiger partial charge in [-0.3, -0.25) is 0 Å². The van der Waals surface area contributed by atoms with Gasteiger partial charge in [0.2, 0.25) is 0 Å². The summed E-state index contributed by atoms with van der Waals surface area (Å²) in [5.74, 6) is -0.0818. The predicted molar refractivity (Wildman–Crippen MR) is 89.4 cm³/mol. The molecule has 132 valence electrons. The van der Waals surface area contributed by atoms with Gasteiger partial charge in [-0.25, -0.2) is 9.59 Å². The third-order valence-corrected chi connectivity index (χ3v) is 3.76. The van der Waals surface area contributed by atoms with Gasteiger partial charge in [0.25, 0.3) is 0 Å². The van der Waals surface area contributed by atoms with Crippen LogP contribution in [0.3, 0.4) is 0 Å². The van der Waals surface area contributed by atoms with Crippen molar-refractivity contribution in [3.8, 4) is 5.75 Å². The molecule has 0 radical (unpaired) electrons. The average molecular weight is 335 g/mol. The first-order chi connectivity index (χ1) is 11.2. The van der Waals surface area contributed by atoms with Crippen LogP contribution in [0, 0.1) is 5.92 Å². The second-order valence-electron chi connectivity index (χ2n) is 7.08. The van der Waals surface area contributed by atoms with Crippen molar-refractivity contribution in [3.63, 3.8) is 0 Å². The topological polar surface area (TPSA) is 76.1 Å². The summed E-state index contributed by atoms with van der Waals surface area (Å²) in [7, 11) is 0. The highest BCUT2D eigenvalue weighted by atomic mass is 16.6. The number of carboxylic acids is 1. The number of aromatic carboxylic acids is 1. The Balaban J connectivity index is 1.84. The molecule has 1 aromatic carbocycles. The van der Waals surface area contributed by atoms with E-state index in [1.807, 2.05) is 20.8 Å². The molecule has 1 amide bonds. The minimum Gasteiger partial charge on any atom is -0.493 e. The molecule has 1 saturated heterocycles. The van der Waals surface area contributed by atoms with Crippen LogP contribution in [0.25, 0.3) is 0 Å². The van der Waals surface area contributed by atoms with E-state index in [0.29, 0.717) is 25.4 Å². The summed E-state index contributed by atoms with van der Waals surface area (Å²) in [6, 6.07) is 6.34. The normalized spacial score (nSPS) is 18.1. The molecule has 0 aliphatic carbocycles. The zero-order chi connectivity index (χ0) is 17.7. The molecule has 1 N–H and O–H groups in total. The van der Waals surface area contributed by atoms with Crippen LogP contribution in [0.4, 0.5) is 4.79 Å². The van der Waals surface area contributed by atoms with Crippen LogP contribution in [0.2, 0.25) is 0 Å². The number of carbonyl (C=O) groups is 2. The van der Waals surface area contributed by atoms with Crippen LogP contribution in [0.1, 0.15) is 44.0 Å². The first kappa shape index (κ1) is 18.1. The molecule has 6 nitrogen and oxygen atoms in total. The van der Waals surface area contributed by atoms with E-state index >= 15 is 0 Å². The fourth-order valence-electron chi connectivity index (χ4n) is 2.60. The molecule has 1 heterocycles. The molecule has 1 aliphatic heterocycles. The van der Waals surface area contributed by atoms with E-state index in [0.717, 1.165) is 12.8 Å². The van der Waals surface area contributed by atoms with Gasteiger partial charge in [-0.15, -0.1) is 0 Å². The molecule has 0 saturated carbocycles. The van der Waals surface area contributed by atoms with Crippen LogP contribution in [0.5, 0.6) is 5.75 Å². The Hall–Kier alpha value is -2.24. The zero-order valence-electron chi connectivity index (χ0n) is 14.4. The number of amides is 1. The summed E-state index contributed by atoms with van der Waals surface area (Å²) in [6.45, 7) is 7.38. The minimum atomic E-state index is -0.957. The van der Waals surface area contributed by atoms with Crippen molar-refractivity contribution in [1.29, 1.82) is 0 Å². The third-order valence-electron chi connectivity index (χ3n) is 3.76. The predicted octanol–water partition coefficient (Wildman–Crippen LogP) is 3.41. The summed E-state index contributed by atoms with van der Waals surface area (Å²) >= 11 is 0. The van der Waals surface area contributed by atoms with E-state index in [9.17, 15) is 9.59 Å². The first-order valence-electron chi connectivity index (χ1n) is 8.19. The number of hydrogen-bond donors (Lipinski definition) is 1. The fourth-order valence-corrected chi connectivity index (χ4v) is 2.60. The van der Waals surface area contributed by atoms with Gasteiger partial charge >= 0.3 is 12.1 Å². The number of carbonyl (C=O) groups excluding carboxylic acids is 1. The van der Waals surface area contributed by atoms with Gasteiger partial charge in [0.05, 0.1) is 12.2 Å². The number of benzene rings is 1. The van der Waals surface area contributed by atoms with Crippen LogP contribution in [0.15, 0.2) is 24.3 Å². The number of hydrogen-bond acceptors (Lipinski definition) is 4. The first-order valence-corrected chi connectivity index (χ1v) is 8.19. The molecule has 0 bridgehead atoms. The van der Waals surface area contributed by atoms with E-state index in [2.05, 4.69) is 0 Å². The minimum absolute atomic E-state index is 0.233. The van der Waals surface area contributed by atoms with Crippen LogP contribution in [-0.4, -0.2) is 47.4 Å². The molecule has 1 aliphatic rings. The van der Waals surface area contributed by atoms with Gasteiger partial charge in [0.1, 0.15) is 11.4 Å². The molecule has 6 heteroatoms. The van der Waals surface area contributed by atoms with Crippen molar-refractivity contribution >= 4 is 12.1 Å². The van der Waals surface area contributed by atoms with Crippen molar-refractivity contribution in [3.05, 3.63) is 29.8 Å². The van der Waals surface area contributed by atoms with Gasteiger partial charge in [-0.1, -0.05) is 0 Å².